The Balaban J connectivity index is 1.34. The zero-order chi connectivity index (χ0) is 38.4. The van der Waals surface area contributed by atoms with E-state index in [1.807, 2.05) is 11.0 Å². The van der Waals surface area contributed by atoms with Gasteiger partial charge in [0.25, 0.3) is 5.91 Å². The van der Waals surface area contributed by atoms with Crippen molar-refractivity contribution in [2.45, 2.75) is 56.7 Å². The number of amides is 1. The van der Waals surface area contributed by atoms with Crippen molar-refractivity contribution in [1.82, 2.24) is 29.5 Å². The standard InChI is InChI=1S/C36H33F6N9O2S/c1-17-25-12-24(33(52)48(2)3)47-51(25)10-9-50(17)32-20-11-22(36(40,41)42)27(19-5-6-23(38)30-26(19)21(14-43)31(44)54-30)28(39)29(20)45-34(46-32)53-16-35-7-4-8-49(35)15-18(37)13-35/h5-6,11-12,17-18H,4,7-10,13,15-16,44H2,1-3H3/t17-,18-,35+/m1/s1. The number of nitrogen functional groups attached to an aromatic ring is 1. The van der Waals surface area contributed by atoms with Gasteiger partial charge in [0.2, 0.25) is 0 Å². The van der Waals surface area contributed by atoms with Gasteiger partial charge in [-0.15, -0.1) is 11.3 Å². The van der Waals surface area contributed by atoms with Crippen LogP contribution in [0.25, 0.3) is 32.1 Å². The van der Waals surface area contributed by atoms with Crippen LogP contribution in [0.5, 0.6) is 6.01 Å². The summed E-state index contributed by atoms with van der Waals surface area (Å²) in [5, 5.41) is 13.6. The maximum absolute atomic E-state index is 17.3. The molecule has 0 aliphatic carbocycles. The fraction of sp³-hybridized carbons (Fsp3) is 0.417. The molecule has 0 bridgehead atoms. The Hall–Kier alpha value is -5.15. The first-order chi connectivity index (χ1) is 25.6. The summed E-state index contributed by atoms with van der Waals surface area (Å²) in [7, 11) is 3.17. The van der Waals surface area contributed by atoms with Crippen LogP contribution in [0.4, 0.5) is 37.2 Å². The number of benzene rings is 2. The lowest BCUT2D eigenvalue weighted by molar-refractivity contribution is -0.137. The van der Waals surface area contributed by atoms with Crippen LogP contribution in [0.2, 0.25) is 0 Å². The average molecular weight is 770 g/mol. The molecule has 0 radical (unpaired) electrons. The van der Waals surface area contributed by atoms with E-state index in [1.165, 1.54) is 4.90 Å². The third-order valence-electron chi connectivity index (χ3n) is 10.8. The summed E-state index contributed by atoms with van der Waals surface area (Å²) in [6.07, 6.45) is -4.53. The number of nitrogens with two attached hydrogens (primary N) is 1. The van der Waals surface area contributed by atoms with E-state index in [9.17, 15) is 14.4 Å². The highest BCUT2D eigenvalue weighted by Crippen LogP contribution is 2.49. The first-order valence-electron chi connectivity index (χ1n) is 17.2. The van der Waals surface area contributed by atoms with Crippen LogP contribution in [0, 0.1) is 23.0 Å². The van der Waals surface area contributed by atoms with E-state index in [2.05, 4.69) is 15.1 Å². The van der Waals surface area contributed by atoms with Gasteiger partial charge in [0.1, 0.15) is 41.0 Å². The van der Waals surface area contributed by atoms with Crippen molar-refractivity contribution in [3.63, 3.8) is 0 Å². The monoisotopic (exact) mass is 769 g/mol. The number of aromatic nitrogens is 4. The number of anilines is 2. The van der Waals surface area contributed by atoms with Crippen LogP contribution in [0.3, 0.4) is 0 Å². The minimum absolute atomic E-state index is 0.0376. The number of halogens is 6. The van der Waals surface area contributed by atoms with Crippen LogP contribution >= 0.6 is 11.3 Å². The zero-order valence-corrected chi connectivity index (χ0v) is 30.1. The minimum atomic E-state index is -5.14. The van der Waals surface area contributed by atoms with Crippen LogP contribution in [-0.4, -0.2) is 87.5 Å². The fourth-order valence-electron chi connectivity index (χ4n) is 8.24. The van der Waals surface area contributed by atoms with Gasteiger partial charge in [-0.25, -0.2) is 13.2 Å². The van der Waals surface area contributed by atoms with Crippen molar-refractivity contribution >= 4 is 49.1 Å². The summed E-state index contributed by atoms with van der Waals surface area (Å²) < 4.78 is 99.9. The number of alkyl halides is 4. The normalized spacial score (nSPS) is 21.4. The number of nitrogens with zero attached hydrogens (tertiary/aromatic N) is 8. The lowest BCUT2D eigenvalue weighted by atomic mass is 9.92. The molecule has 2 fully saturated rings. The number of fused-ring (bicyclic) bond motifs is 4. The molecule has 5 aromatic rings. The highest BCUT2D eigenvalue weighted by atomic mass is 32.1. The van der Waals surface area contributed by atoms with Crippen molar-refractivity contribution in [2.75, 3.05) is 51.0 Å². The molecule has 1 amide bonds. The van der Waals surface area contributed by atoms with Crippen molar-refractivity contribution < 1.29 is 35.9 Å². The van der Waals surface area contributed by atoms with E-state index in [4.69, 9.17) is 10.5 Å². The second kappa shape index (κ2) is 12.7. The summed E-state index contributed by atoms with van der Waals surface area (Å²) in [4.78, 5) is 26.8. The number of carbonyl (C=O) groups excluding carboxylic acids is 1. The molecule has 8 rings (SSSR count). The Morgan fingerprint density at radius 3 is 2.69 bits per heavy atom. The maximum atomic E-state index is 17.3. The van der Waals surface area contributed by atoms with E-state index in [1.54, 1.807) is 36.7 Å². The van der Waals surface area contributed by atoms with Crippen molar-refractivity contribution in [3.8, 4) is 23.2 Å². The van der Waals surface area contributed by atoms with Gasteiger partial charge >= 0.3 is 12.2 Å². The molecule has 6 heterocycles. The predicted molar refractivity (Wildman–Crippen MR) is 189 cm³/mol. The number of carbonyl (C=O) groups is 1. The third kappa shape index (κ3) is 5.58. The molecular weight excluding hydrogens is 737 g/mol. The van der Waals surface area contributed by atoms with E-state index in [-0.39, 0.29) is 87.7 Å². The Labute approximate surface area is 308 Å². The summed E-state index contributed by atoms with van der Waals surface area (Å²) in [5.74, 6) is -2.64. The van der Waals surface area contributed by atoms with Crippen LogP contribution in [0.15, 0.2) is 24.3 Å². The molecule has 54 heavy (non-hydrogen) atoms. The molecule has 0 spiro atoms. The largest absolute Gasteiger partial charge is 0.461 e. The van der Waals surface area contributed by atoms with Gasteiger partial charge in [-0.3, -0.25) is 14.4 Å². The molecule has 3 aliphatic rings. The number of nitriles is 1. The summed E-state index contributed by atoms with van der Waals surface area (Å²) in [6, 6.07) is 5.12. The van der Waals surface area contributed by atoms with Crippen LogP contribution in [-0.2, 0) is 12.7 Å². The molecular formula is C36H33F6N9O2S. The Kier molecular flexibility index (Phi) is 8.45. The quantitative estimate of drug-likeness (QED) is 0.188. The van der Waals surface area contributed by atoms with Gasteiger partial charge in [-0.05, 0) is 50.1 Å². The summed E-state index contributed by atoms with van der Waals surface area (Å²) in [6.45, 7) is 3.01. The smallest absolute Gasteiger partial charge is 0.417 e. The lowest BCUT2D eigenvalue weighted by Gasteiger charge is -2.36. The number of rotatable bonds is 6. The Bertz CT molecular complexity index is 2410. The second-order valence-electron chi connectivity index (χ2n) is 14.2. The number of hydrogen-bond donors (Lipinski definition) is 1. The molecule has 0 unspecified atom stereocenters. The topological polar surface area (TPSA) is 129 Å². The van der Waals surface area contributed by atoms with E-state index < -0.39 is 52.2 Å². The first kappa shape index (κ1) is 35.9. The molecule has 3 atom stereocenters. The Morgan fingerprint density at radius 2 is 1.96 bits per heavy atom. The molecule has 2 aromatic carbocycles. The average Bonchev–Trinajstić information content (AvgIpc) is 3.88. The summed E-state index contributed by atoms with van der Waals surface area (Å²) in [5.41, 5.74) is 2.56. The number of hydrogen-bond acceptors (Lipinski definition) is 10. The highest BCUT2D eigenvalue weighted by Gasteiger charge is 2.49. The highest BCUT2D eigenvalue weighted by molar-refractivity contribution is 7.23. The molecule has 2 N–H and O–H groups in total. The second-order valence-corrected chi connectivity index (χ2v) is 15.3. The number of thiophene rings is 1. The molecule has 2 saturated heterocycles. The predicted octanol–water partition coefficient (Wildman–Crippen LogP) is 6.70. The molecule has 11 nitrogen and oxygen atoms in total. The maximum Gasteiger partial charge on any atom is 0.417 e. The van der Waals surface area contributed by atoms with Crippen molar-refractivity contribution in [2.24, 2.45) is 0 Å². The van der Waals surface area contributed by atoms with Gasteiger partial charge < -0.3 is 20.3 Å². The van der Waals surface area contributed by atoms with Gasteiger partial charge in [-0.2, -0.15) is 33.5 Å². The van der Waals surface area contributed by atoms with Crippen LogP contribution < -0.4 is 15.4 Å². The Morgan fingerprint density at radius 1 is 1.19 bits per heavy atom. The summed E-state index contributed by atoms with van der Waals surface area (Å²) >= 11 is 0.673. The van der Waals surface area contributed by atoms with E-state index in [0.717, 1.165) is 24.6 Å². The van der Waals surface area contributed by atoms with Gasteiger partial charge in [0.15, 0.2) is 11.5 Å². The minimum Gasteiger partial charge on any atom is -0.461 e. The number of ether oxygens (including phenoxy) is 1. The molecule has 3 aliphatic heterocycles. The van der Waals surface area contributed by atoms with Crippen molar-refractivity contribution in [1.29, 1.82) is 5.26 Å². The molecule has 0 saturated carbocycles. The first-order valence-corrected chi connectivity index (χ1v) is 18.0. The SMILES string of the molecule is C[C@@H]1c2cc(C(=O)N(C)C)nn2CCN1c1nc(OC[C@@]23CCCN2C[C@H](F)C3)nc2c(F)c(-c3ccc(F)c4sc(N)c(C#N)c34)c(C(F)(F)F)cc12. The van der Waals surface area contributed by atoms with Crippen molar-refractivity contribution in [3.05, 3.63) is 58.4 Å². The molecule has 3 aromatic heterocycles. The zero-order valence-electron chi connectivity index (χ0n) is 29.3. The molecule has 18 heteroatoms. The van der Waals surface area contributed by atoms with Crippen LogP contribution in [0.1, 0.15) is 59.5 Å². The fourth-order valence-corrected chi connectivity index (χ4v) is 9.19. The van der Waals surface area contributed by atoms with Gasteiger partial charge in [0.05, 0.1) is 39.6 Å². The van der Waals surface area contributed by atoms with Gasteiger partial charge in [-0.1, -0.05) is 6.07 Å². The third-order valence-corrected chi connectivity index (χ3v) is 11.8. The van der Waals surface area contributed by atoms with E-state index in [0.29, 0.717) is 30.0 Å². The molecule has 282 valence electrons. The lowest BCUT2D eigenvalue weighted by Crippen LogP contribution is -2.43. The van der Waals surface area contributed by atoms with E-state index >= 15 is 22.0 Å². The van der Waals surface area contributed by atoms with Gasteiger partial charge in [0, 0.05) is 49.9 Å².